The van der Waals surface area contributed by atoms with Crippen molar-refractivity contribution in [3.05, 3.63) is 131 Å². The van der Waals surface area contributed by atoms with Gasteiger partial charge in [0.05, 0.1) is 11.4 Å². The van der Waals surface area contributed by atoms with Crippen LogP contribution >= 0.6 is 0 Å². The molecule has 0 spiro atoms. The molecule has 3 heteroatoms. The zero-order valence-corrected chi connectivity index (χ0v) is 18.7. The number of hydrogen-bond donors (Lipinski definition) is 1. The first-order valence-corrected chi connectivity index (χ1v) is 11.8. The van der Waals surface area contributed by atoms with Crippen molar-refractivity contribution in [3.63, 3.8) is 0 Å². The lowest BCUT2D eigenvalue weighted by Crippen LogP contribution is -2.24. The molecule has 2 bridgehead atoms. The number of allylic oxidation sites excluding steroid dienone is 6. The Hall–Kier alpha value is -4.24. The van der Waals surface area contributed by atoms with E-state index in [1.54, 1.807) is 0 Å². The number of nitrogens with zero attached hydrogens (tertiary/aromatic N) is 1. The molecule has 4 aromatic rings. The van der Waals surface area contributed by atoms with E-state index < -0.39 is 0 Å². The van der Waals surface area contributed by atoms with E-state index in [1.807, 2.05) is 18.2 Å². The van der Waals surface area contributed by atoms with Gasteiger partial charge in [0.1, 0.15) is 11.3 Å². The number of furan rings is 1. The quantitative estimate of drug-likeness (QED) is 0.323. The number of nitrogens with two attached hydrogens (primary N) is 1. The van der Waals surface area contributed by atoms with Crippen molar-refractivity contribution >= 4 is 34.1 Å². The Morgan fingerprint density at radius 1 is 0.824 bits per heavy atom. The molecule has 0 saturated carbocycles. The fraction of sp³-hybridized carbons (Fsp3) is 0.0968. The van der Waals surface area contributed by atoms with Crippen LogP contribution in [-0.2, 0) is 0 Å². The maximum absolute atomic E-state index is 6.78. The van der Waals surface area contributed by atoms with Gasteiger partial charge in [0.25, 0.3) is 0 Å². The third kappa shape index (κ3) is 2.77. The molecule has 0 amide bonds. The fourth-order valence-electron chi connectivity index (χ4n) is 5.76. The number of hydrogen-bond acceptors (Lipinski definition) is 3. The summed E-state index contributed by atoms with van der Waals surface area (Å²) in [4.78, 5) is 2.38. The average molecular weight is 441 g/mol. The van der Waals surface area contributed by atoms with Crippen LogP contribution in [0.25, 0.3) is 17.0 Å². The van der Waals surface area contributed by atoms with Crippen molar-refractivity contribution in [2.75, 3.05) is 10.6 Å². The molecular formula is C31H24N2O. The molecule has 2 N–H and O–H groups in total. The van der Waals surface area contributed by atoms with Crippen LogP contribution in [0, 0.1) is 0 Å². The van der Waals surface area contributed by atoms with Crippen molar-refractivity contribution in [2.45, 2.75) is 18.3 Å². The van der Waals surface area contributed by atoms with Crippen molar-refractivity contribution in [3.8, 4) is 0 Å². The van der Waals surface area contributed by atoms with Crippen LogP contribution in [0.2, 0.25) is 0 Å². The van der Waals surface area contributed by atoms with E-state index in [4.69, 9.17) is 10.2 Å². The topological polar surface area (TPSA) is 42.4 Å². The Morgan fingerprint density at radius 2 is 1.68 bits per heavy atom. The third-order valence-electron chi connectivity index (χ3n) is 7.20. The molecule has 1 aromatic heterocycles. The standard InChI is InChI=1S/C31H24N2O/c32-25-14-8-16-27(33-21-10-2-1-9-20(19-21)22-11-3-5-15-26(22)33)31(25)24-13-7-18-29-30(24)23-12-4-6-17-28(23)34-29/h1-12,14-20,24H,13,32H2. The summed E-state index contributed by atoms with van der Waals surface area (Å²) in [5.41, 5.74) is 15.7. The first kappa shape index (κ1) is 19.2. The van der Waals surface area contributed by atoms with Crippen LogP contribution in [0.15, 0.2) is 113 Å². The van der Waals surface area contributed by atoms with Crippen LogP contribution in [0.4, 0.5) is 17.1 Å². The molecule has 3 nitrogen and oxygen atoms in total. The van der Waals surface area contributed by atoms with E-state index >= 15 is 0 Å². The number of para-hydroxylation sites is 2. The molecule has 1 aliphatic heterocycles. The molecule has 2 atom stereocenters. The normalized spacial score (nSPS) is 20.1. The van der Waals surface area contributed by atoms with Crippen molar-refractivity contribution in [1.29, 1.82) is 0 Å². The second-order valence-electron chi connectivity index (χ2n) is 9.10. The Balaban J connectivity index is 1.48. The number of rotatable bonds is 2. The first-order chi connectivity index (χ1) is 16.8. The van der Waals surface area contributed by atoms with E-state index in [9.17, 15) is 0 Å². The van der Waals surface area contributed by atoms with Gasteiger partial charge in [0.2, 0.25) is 0 Å². The van der Waals surface area contributed by atoms with Gasteiger partial charge in [-0.15, -0.1) is 0 Å². The molecule has 34 heavy (non-hydrogen) atoms. The van der Waals surface area contributed by atoms with Crippen molar-refractivity contribution in [2.24, 2.45) is 0 Å². The summed E-state index contributed by atoms with van der Waals surface area (Å²) in [6.45, 7) is 0. The molecule has 2 heterocycles. The van der Waals surface area contributed by atoms with Gasteiger partial charge in [-0.25, -0.2) is 0 Å². The van der Waals surface area contributed by atoms with Gasteiger partial charge in [-0.1, -0.05) is 66.8 Å². The van der Waals surface area contributed by atoms with Crippen LogP contribution in [0.5, 0.6) is 0 Å². The maximum atomic E-state index is 6.78. The van der Waals surface area contributed by atoms with Gasteiger partial charge in [0, 0.05) is 39.7 Å². The molecular weight excluding hydrogens is 416 g/mol. The molecule has 2 unspecified atom stereocenters. The summed E-state index contributed by atoms with van der Waals surface area (Å²) in [7, 11) is 0. The van der Waals surface area contributed by atoms with Gasteiger partial charge < -0.3 is 15.1 Å². The highest BCUT2D eigenvalue weighted by atomic mass is 16.3. The number of anilines is 3. The molecule has 2 aliphatic carbocycles. The van der Waals surface area contributed by atoms with Crippen LogP contribution in [0.1, 0.15) is 40.7 Å². The predicted molar refractivity (Wildman–Crippen MR) is 140 cm³/mol. The highest BCUT2D eigenvalue weighted by Gasteiger charge is 2.33. The monoisotopic (exact) mass is 440 g/mol. The van der Waals surface area contributed by atoms with Gasteiger partial charge in [0.15, 0.2) is 0 Å². The Labute approximate surface area is 198 Å². The smallest absolute Gasteiger partial charge is 0.135 e. The Morgan fingerprint density at radius 3 is 2.65 bits per heavy atom. The number of fused-ring (bicyclic) bond motifs is 6. The van der Waals surface area contributed by atoms with Gasteiger partial charge >= 0.3 is 0 Å². The molecule has 7 rings (SSSR count). The summed E-state index contributed by atoms with van der Waals surface area (Å²) in [6.07, 6.45) is 16.3. The SMILES string of the molecule is Nc1cccc(N2C3=CC(C=CC=C3)c3ccccc32)c1C1CC=Cc2oc3ccccc3c21. The molecule has 0 fully saturated rings. The van der Waals surface area contributed by atoms with Gasteiger partial charge in [-0.3, -0.25) is 0 Å². The lowest BCUT2D eigenvalue weighted by molar-refractivity contribution is 0.590. The van der Waals surface area contributed by atoms with Crippen LogP contribution in [-0.4, -0.2) is 0 Å². The predicted octanol–water partition coefficient (Wildman–Crippen LogP) is 7.81. The molecule has 3 aliphatic rings. The average Bonchev–Trinajstić information content (AvgIpc) is 3.13. The molecule has 3 aromatic carbocycles. The molecule has 0 radical (unpaired) electrons. The Kier molecular flexibility index (Phi) is 4.18. The summed E-state index contributed by atoms with van der Waals surface area (Å²) in [5.74, 6) is 1.31. The first-order valence-electron chi connectivity index (χ1n) is 11.8. The van der Waals surface area contributed by atoms with E-state index in [2.05, 4.69) is 96.0 Å². The van der Waals surface area contributed by atoms with Crippen LogP contribution < -0.4 is 10.6 Å². The lowest BCUT2D eigenvalue weighted by atomic mass is 9.81. The van der Waals surface area contributed by atoms with E-state index in [-0.39, 0.29) is 11.8 Å². The van der Waals surface area contributed by atoms with Gasteiger partial charge in [-0.2, -0.15) is 0 Å². The van der Waals surface area contributed by atoms with E-state index in [0.29, 0.717) is 0 Å². The third-order valence-corrected chi connectivity index (χ3v) is 7.20. The van der Waals surface area contributed by atoms with Crippen molar-refractivity contribution < 1.29 is 4.42 Å². The number of benzene rings is 3. The van der Waals surface area contributed by atoms with Crippen LogP contribution in [0.3, 0.4) is 0 Å². The molecule has 164 valence electrons. The number of nitrogen functional groups attached to an aromatic ring is 1. The van der Waals surface area contributed by atoms with E-state index in [1.165, 1.54) is 22.5 Å². The minimum atomic E-state index is 0.109. The second-order valence-corrected chi connectivity index (χ2v) is 9.10. The summed E-state index contributed by atoms with van der Waals surface area (Å²) < 4.78 is 6.23. The summed E-state index contributed by atoms with van der Waals surface area (Å²) in [6, 6.07) is 23.3. The summed E-state index contributed by atoms with van der Waals surface area (Å²) >= 11 is 0. The highest BCUT2D eigenvalue weighted by molar-refractivity contribution is 5.89. The second kappa shape index (κ2) is 7.39. The van der Waals surface area contributed by atoms with Crippen molar-refractivity contribution in [1.82, 2.24) is 0 Å². The minimum absolute atomic E-state index is 0.109. The van der Waals surface area contributed by atoms with Gasteiger partial charge in [-0.05, 0) is 54.5 Å². The maximum Gasteiger partial charge on any atom is 0.135 e. The lowest BCUT2D eigenvalue weighted by Gasteiger charge is -2.36. The zero-order chi connectivity index (χ0) is 22.6. The fourth-order valence-corrected chi connectivity index (χ4v) is 5.76. The Bertz CT molecular complexity index is 1570. The largest absolute Gasteiger partial charge is 0.456 e. The summed E-state index contributed by atoms with van der Waals surface area (Å²) in [5, 5.41) is 1.16. The highest BCUT2D eigenvalue weighted by Crippen LogP contribution is 2.50. The van der Waals surface area contributed by atoms with E-state index in [0.717, 1.165) is 40.1 Å². The zero-order valence-electron chi connectivity index (χ0n) is 18.7. The minimum Gasteiger partial charge on any atom is -0.456 e. The molecule has 0 saturated heterocycles.